The fourth-order valence-electron chi connectivity index (χ4n) is 4.89. The summed E-state index contributed by atoms with van der Waals surface area (Å²) >= 11 is 6.00. The van der Waals surface area contributed by atoms with E-state index < -0.39 is 28.0 Å². The Labute approximate surface area is 265 Å². The normalized spacial score (nSPS) is 15.1. The maximum absolute atomic E-state index is 14.2. The monoisotopic (exact) mass is 645 g/mol. The number of halogens is 2. The summed E-state index contributed by atoms with van der Waals surface area (Å²) < 4.78 is 25.2. The Kier molecular flexibility index (Phi) is 9.59. The van der Waals surface area contributed by atoms with Gasteiger partial charge in [-0.3, -0.25) is 10.1 Å². The number of anilines is 5. The zero-order chi connectivity index (χ0) is 33.3. The van der Waals surface area contributed by atoms with Gasteiger partial charge in [0.1, 0.15) is 28.7 Å². The van der Waals surface area contributed by atoms with Crippen LogP contribution in [0.5, 0.6) is 5.75 Å². The summed E-state index contributed by atoms with van der Waals surface area (Å²) in [4.78, 5) is 36.3. The van der Waals surface area contributed by atoms with Gasteiger partial charge in [-0.05, 0) is 59.2 Å². The highest BCUT2D eigenvalue weighted by atomic mass is 35.5. The van der Waals surface area contributed by atoms with Gasteiger partial charge in [-0.1, -0.05) is 11.6 Å². The third kappa shape index (κ3) is 8.00. The summed E-state index contributed by atoms with van der Waals surface area (Å²) in [6, 6.07) is 6.74. The van der Waals surface area contributed by atoms with Crippen LogP contribution in [0.25, 0.3) is 0 Å². The van der Waals surface area contributed by atoms with Gasteiger partial charge in [0.25, 0.3) is 5.69 Å². The van der Waals surface area contributed by atoms with Crippen LogP contribution < -0.4 is 20.3 Å². The van der Waals surface area contributed by atoms with Gasteiger partial charge in [-0.25, -0.2) is 14.2 Å². The quantitative estimate of drug-likeness (QED) is 0.176. The number of likely N-dealkylation sites (N-methyl/N-ethyl adjacent to an activating group) is 1. The maximum atomic E-state index is 14.2. The van der Waals surface area contributed by atoms with Gasteiger partial charge in [0.15, 0.2) is 0 Å². The molecule has 13 nitrogen and oxygen atoms in total. The van der Waals surface area contributed by atoms with Crippen molar-refractivity contribution in [2.24, 2.45) is 0 Å². The molecule has 1 atom stereocenters. The van der Waals surface area contributed by atoms with E-state index in [1.165, 1.54) is 44.2 Å². The summed E-state index contributed by atoms with van der Waals surface area (Å²) in [5, 5.41) is 28.6. The molecule has 1 aliphatic rings. The molecule has 4 rings (SSSR count). The van der Waals surface area contributed by atoms with Crippen molar-refractivity contribution in [3.05, 3.63) is 63.0 Å². The van der Waals surface area contributed by atoms with E-state index in [4.69, 9.17) is 21.1 Å². The summed E-state index contributed by atoms with van der Waals surface area (Å²) in [6.45, 7) is 9.24. The van der Waals surface area contributed by atoms with Crippen LogP contribution in [0.15, 0.2) is 36.5 Å². The van der Waals surface area contributed by atoms with Gasteiger partial charge in [0.05, 0.1) is 34.4 Å². The number of hydrogen-bond acceptors (Lipinski definition) is 11. The lowest BCUT2D eigenvalue weighted by atomic mass is 9.96. The Hall–Kier alpha value is -4.43. The Bertz CT molecular complexity index is 1590. The second-order valence-electron chi connectivity index (χ2n) is 12.2. The minimum atomic E-state index is -1.39. The molecule has 3 N–H and O–H groups in total. The van der Waals surface area contributed by atoms with Gasteiger partial charge >= 0.3 is 6.09 Å². The van der Waals surface area contributed by atoms with Crippen LogP contribution in [0.1, 0.15) is 46.6 Å². The van der Waals surface area contributed by atoms with Crippen LogP contribution in [-0.2, 0) is 10.3 Å². The number of methoxy groups -OCH3 is 1. The smallest absolute Gasteiger partial charge is 0.410 e. The number of nitrogens with zero attached hydrogens (tertiary/aromatic N) is 5. The van der Waals surface area contributed by atoms with Crippen LogP contribution in [0.4, 0.5) is 43.7 Å². The molecule has 1 fully saturated rings. The first-order valence-corrected chi connectivity index (χ1v) is 14.5. The van der Waals surface area contributed by atoms with Gasteiger partial charge in [0, 0.05) is 49.7 Å². The maximum Gasteiger partial charge on any atom is 0.410 e. The minimum absolute atomic E-state index is 0.0820. The third-order valence-electron chi connectivity index (χ3n) is 7.11. The largest absolute Gasteiger partial charge is 0.494 e. The van der Waals surface area contributed by atoms with E-state index in [-0.39, 0.29) is 39.8 Å². The zero-order valence-corrected chi connectivity index (χ0v) is 26.9. The number of benzene rings is 2. The molecule has 1 aromatic heterocycles. The molecule has 2 heterocycles. The minimum Gasteiger partial charge on any atom is -0.494 e. The van der Waals surface area contributed by atoms with E-state index in [0.29, 0.717) is 36.6 Å². The lowest BCUT2D eigenvalue weighted by Gasteiger charge is -2.29. The molecule has 2 aromatic carbocycles. The van der Waals surface area contributed by atoms with Crippen LogP contribution in [0, 0.1) is 15.9 Å². The molecule has 3 aromatic rings. The first kappa shape index (κ1) is 33.5. The van der Waals surface area contributed by atoms with E-state index in [1.807, 2.05) is 4.90 Å². The van der Waals surface area contributed by atoms with Crippen LogP contribution in [0.3, 0.4) is 0 Å². The molecular formula is C30H37ClFN7O6. The number of ether oxygens (including phenoxy) is 2. The third-order valence-corrected chi connectivity index (χ3v) is 7.40. The van der Waals surface area contributed by atoms with Crippen molar-refractivity contribution < 1.29 is 28.7 Å². The summed E-state index contributed by atoms with van der Waals surface area (Å²) in [7, 11) is 3.10. The first-order chi connectivity index (χ1) is 21.0. The van der Waals surface area contributed by atoms with Crippen LogP contribution >= 0.6 is 11.6 Å². The van der Waals surface area contributed by atoms with Crippen molar-refractivity contribution in [2.75, 3.05) is 42.8 Å². The van der Waals surface area contributed by atoms with E-state index >= 15 is 0 Å². The number of amides is 1. The van der Waals surface area contributed by atoms with Crippen LogP contribution in [-0.4, -0.2) is 69.9 Å². The molecule has 0 aliphatic carbocycles. The van der Waals surface area contributed by atoms with Crippen molar-refractivity contribution in [1.82, 2.24) is 14.9 Å². The molecule has 45 heavy (non-hydrogen) atoms. The summed E-state index contributed by atoms with van der Waals surface area (Å²) in [6.07, 6.45) is 1.58. The van der Waals surface area contributed by atoms with Crippen molar-refractivity contribution in [2.45, 2.75) is 58.3 Å². The second kappa shape index (κ2) is 12.9. The molecule has 1 amide bonds. The number of hydrogen-bond donors (Lipinski definition) is 3. The SMILES string of the molecule is COc1cc(N2CC[C@@H](N(C)C(=O)OC(C)(C)C)C2)c([N+](=O)[O-])cc1Nc1nccc(Nc2cc(Cl)c(F)cc2C(C)(C)O)n1. The van der Waals surface area contributed by atoms with E-state index in [2.05, 4.69) is 20.6 Å². The summed E-state index contributed by atoms with van der Waals surface area (Å²) in [5.41, 5.74) is -1.05. The molecule has 242 valence electrons. The Morgan fingerprint density at radius 1 is 1.20 bits per heavy atom. The van der Waals surface area contributed by atoms with E-state index in [1.54, 1.807) is 40.0 Å². The molecule has 0 bridgehead atoms. The van der Waals surface area contributed by atoms with Crippen molar-refractivity contribution in [3.8, 4) is 5.75 Å². The average Bonchev–Trinajstić information content (AvgIpc) is 3.43. The Morgan fingerprint density at radius 2 is 1.91 bits per heavy atom. The average molecular weight is 646 g/mol. The predicted molar refractivity (Wildman–Crippen MR) is 170 cm³/mol. The van der Waals surface area contributed by atoms with E-state index in [9.17, 15) is 24.4 Å². The molecule has 0 saturated carbocycles. The molecule has 0 unspecified atom stereocenters. The number of aliphatic hydroxyl groups is 1. The number of rotatable bonds is 9. The van der Waals surface area contributed by atoms with Crippen LogP contribution in [0.2, 0.25) is 5.02 Å². The number of nitro groups is 1. The topological polar surface area (TPSA) is 155 Å². The number of carbonyl (C=O) groups excluding carboxylic acids is 1. The molecule has 0 radical (unpaired) electrons. The van der Waals surface area contributed by atoms with Gasteiger partial charge < -0.3 is 35.0 Å². The van der Waals surface area contributed by atoms with E-state index in [0.717, 1.165) is 6.07 Å². The van der Waals surface area contributed by atoms with Crippen molar-refractivity contribution in [1.29, 1.82) is 0 Å². The number of nitro benzene ring substituents is 1. The Morgan fingerprint density at radius 3 is 2.53 bits per heavy atom. The second-order valence-corrected chi connectivity index (χ2v) is 12.6. The lowest BCUT2D eigenvalue weighted by molar-refractivity contribution is -0.384. The fraction of sp³-hybridized carbons (Fsp3) is 0.433. The molecule has 15 heteroatoms. The first-order valence-electron chi connectivity index (χ1n) is 14.1. The molecule has 1 saturated heterocycles. The number of nitrogens with one attached hydrogen (secondary N) is 2. The highest BCUT2D eigenvalue weighted by molar-refractivity contribution is 6.31. The molecule has 1 aliphatic heterocycles. The molecule has 0 spiro atoms. The predicted octanol–water partition coefficient (Wildman–Crippen LogP) is 6.35. The van der Waals surface area contributed by atoms with Crippen molar-refractivity contribution in [3.63, 3.8) is 0 Å². The zero-order valence-electron chi connectivity index (χ0n) is 26.1. The highest BCUT2D eigenvalue weighted by Crippen LogP contribution is 2.41. The molecular weight excluding hydrogens is 609 g/mol. The van der Waals surface area contributed by atoms with Gasteiger partial charge in [-0.15, -0.1) is 0 Å². The van der Waals surface area contributed by atoms with Gasteiger partial charge in [-0.2, -0.15) is 4.98 Å². The fourth-order valence-corrected chi connectivity index (χ4v) is 5.05. The number of carbonyl (C=O) groups is 1. The van der Waals surface area contributed by atoms with Gasteiger partial charge in [0.2, 0.25) is 5.95 Å². The summed E-state index contributed by atoms with van der Waals surface area (Å²) in [5.74, 6) is -0.0151. The lowest BCUT2D eigenvalue weighted by Crippen LogP contribution is -2.42. The van der Waals surface area contributed by atoms with Crippen molar-refractivity contribution >= 4 is 52.2 Å². The Balaban J connectivity index is 1.59. The standard InChI is InChI=1S/C30H37ClFN7O6/c1-29(2,3)45-28(40)37(6)17-9-11-38(16-17)23-15-25(44-7)22(14-24(23)39(42)43)35-27-33-10-8-26(36-27)34-21-13-19(31)20(32)12-18(21)30(4,5)41/h8,10,12-15,17,41H,9,11,16H2,1-7H3,(H2,33,34,35,36)/t17-/m1/s1. The highest BCUT2D eigenvalue weighted by Gasteiger charge is 2.34. The number of aromatic nitrogens is 2.